The van der Waals surface area contributed by atoms with Crippen LogP contribution in [0.1, 0.15) is 25.7 Å². The molecule has 7 nitrogen and oxygen atoms in total. The van der Waals surface area contributed by atoms with Crippen molar-refractivity contribution in [2.75, 3.05) is 31.1 Å². The lowest BCUT2D eigenvalue weighted by atomic mass is 9.94. The first kappa shape index (κ1) is 16.2. The SMILES string of the molecule is O=C(O)CN(C(=O)CC1CCNCC1)C1CCS(=O)(=O)C1. The van der Waals surface area contributed by atoms with Gasteiger partial charge in [-0.3, -0.25) is 9.59 Å². The van der Waals surface area contributed by atoms with Crippen molar-refractivity contribution in [3.05, 3.63) is 0 Å². The van der Waals surface area contributed by atoms with Gasteiger partial charge in [-0.1, -0.05) is 0 Å². The van der Waals surface area contributed by atoms with Gasteiger partial charge in [0.1, 0.15) is 6.54 Å². The van der Waals surface area contributed by atoms with Crippen LogP contribution in [0.5, 0.6) is 0 Å². The summed E-state index contributed by atoms with van der Waals surface area (Å²) in [5.41, 5.74) is 0. The molecule has 2 saturated heterocycles. The van der Waals surface area contributed by atoms with Gasteiger partial charge in [-0.25, -0.2) is 8.42 Å². The van der Waals surface area contributed by atoms with Crippen LogP contribution >= 0.6 is 0 Å². The van der Waals surface area contributed by atoms with Crippen molar-refractivity contribution in [2.45, 2.75) is 31.7 Å². The van der Waals surface area contributed by atoms with Crippen LogP contribution < -0.4 is 5.32 Å². The lowest BCUT2D eigenvalue weighted by Gasteiger charge is -2.29. The zero-order valence-electron chi connectivity index (χ0n) is 12.0. The molecule has 2 heterocycles. The summed E-state index contributed by atoms with van der Waals surface area (Å²) in [6.45, 7) is 1.33. The molecule has 8 heteroatoms. The van der Waals surface area contributed by atoms with Crippen LogP contribution in [-0.4, -0.2) is 67.5 Å². The van der Waals surface area contributed by atoms with Crippen LogP contribution in [-0.2, 0) is 19.4 Å². The third-order valence-corrected chi connectivity index (χ3v) is 5.95. The number of amides is 1. The van der Waals surface area contributed by atoms with E-state index in [0.29, 0.717) is 12.8 Å². The molecule has 0 spiro atoms. The number of piperidine rings is 1. The molecule has 1 atom stereocenters. The van der Waals surface area contributed by atoms with E-state index in [0.717, 1.165) is 25.9 Å². The third-order valence-electron chi connectivity index (χ3n) is 4.20. The number of carbonyl (C=O) groups is 2. The summed E-state index contributed by atoms with van der Waals surface area (Å²) in [5, 5.41) is 12.2. The van der Waals surface area contributed by atoms with Crippen molar-refractivity contribution in [3.63, 3.8) is 0 Å². The summed E-state index contributed by atoms with van der Waals surface area (Å²) in [6.07, 6.45) is 2.45. The number of hydrogen-bond acceptors (Lipinski definition) is 5. The van der Waals surface area contributed by atoms with Gasteiger partial charge in [0.05, 0.1) is 11.5 Å². The predicted octanol–water partition coefficient (Wildman–Crippen LogP) is -0.524. The van der Waals surface area contributed by atoms with E-state index in [2.05, 4.69) is 5.32 Å². The first-order valence-corrected chi connectivity index (χ1v) is 9.12. The van der Waals surface area contributed by atoms with Crippen molar-refractivity contribution in [1.82, 2.24) is 10.2 Å². The van der Waals surface area contributed by atoms with Crippen LogP contribution in [0.3, 0.4) is 0 Å². The lowest BCUT2D eigenvalue weighted by Crippen LogP contribution is -2.45. The number of sulfone groups is 1. The summed E-state index contributed by atoms with van der Waals surface area (Å²) >= 11 is 0. The quantitative estimate of drug-likeness (QED) is 0.707. The zero-order valence-corrected chi connectivity index (χ0v) is 12.8. The maximum atomic E-state index is 12.4. The van der Waals surface area contributed by atoms with Gasteiger partial charge in [-0.2, -0.15) is 0 Å². The molecule has 0 aliphatic carbocycles. The van der Waals surface area contributed by atoms with Crippen molar-refractivity contribution >= 4 is 21.7 Å². The summed E-state index contributed by atoms with van der Waals surface area (Å²) < 4.78 is 23.1. The van der Waals surface area contributed by atoms with Crippen molar-refractivity contribution in [1.29, 1.82) is 0 Å². The van der Waals surface area contributed by atoms with E-state index < -0.39 is 28.4 Å². The number of carboxylic acid groups (broad SMARTS) is 1. The van der Waals surface area contributed by atoms with Gasteiger partial charge in [0.2, 0.25) is 5.91 Å². The van der Waals surface area contributed by atoms with Gasteiger partial charge < -0.3 is 15.3 Å². The Bertz CT molecular complexity index is 499. The number of nitrogens with one attached hydrogen (secondary N) is 1. The van der Waals surface area contributed by atoms with E-state index in [1.165, 1.54) is 4.90 Å². The molecule has 0 aromatic heterocycles. The minimum Gasteiger partial charge on any atom is -0.480 e. The molecule has 0 saturated carbocycles. The van der Waals surface area contributed by atoms with Crippen LogP contribution in [0.4, 0.5) is 0 Å². The topological polar surface area (TPSA) is 104 Å². The largest absolute Gasteiger partial charge is 0.480 e. The molecule has 2 aliphatic heterocycles. The Labute approximate surface area is 124 Å². The van der Waals surface area contributed by atoms with Gasteiger partial charge in [0.15, 0.2) is 9.84 Å². The van der Waals surface area contributed by atoms with Crippen LogP contribution in [0.15, 0.2) is 0 Å². The molecule has 0 aromatic carbocycles. The Balaban J connectivity index is 2.01. The van der Waals surface area contributed by atoms with E-state index >= 15 is 0 Å². The number of nitrogens with zero attached hydrogens (tertiary/aromatic N) is 1. The fourth-order valence-electron chi connectivity index (χ4n) is 3.04. The van der Waals surface area contributed by atoms with E-state index in [-0.39, 0.29) is 23.3 Å². The van der Waals surface area contributed by atoms with Gasteiger partial charge in [-0.15, -0.1) is 0 Å². The number of aliphatic carboxylic acids is 1. The first-order chi connectivity index (χ1) is 9.87. The molecule has 2 N–H and O–H groups in total. The number of rotatable bonds is 5. The van der Waals surface area contributed by atoms with Crippen LogP contribution in [0.2, 0.25) is 0 Å². The van der Waals surface area contributed by atoms with Gasteiger partial charge >= 0.3 is 5.97 Å². The van der Waals surface area contributed by atoms with Gasteiger partial charge in [-0.05, 0) is 38.3 Å². The van der Waals surface area contributed by atoms with Crippen molar-refractivity contribution in [2.24, 2.45) is 5.92 Å². The second-order valence-corrected chi connectivity index (χ2v) is 8.10. The molecule has 2 aliphatic rings. The third kappa shape index (κ3) is 4.67. The number of carbonyl (C=O) groups excluding carboxylic acids is 1. The normalized spacial score (nSPS) is 25.6. The lowest BCUT2D eigenvalue weighted by molar-refractivity contribution is -0.146. The molecule has 2 fully saturated rings. The average molecular weight is 318 g/mol. The number of hydrogen-bond donors (Lipinski definition) is 2. The number of carboxylic acids is 1. The van der Waals surface area contributed by atoms with Crippen LogP contribution in [0.25, 0.3) is 0 Å². The monoisotopic (exact) mass is 318 g/mol. The first-order valence-electron chi connectivity index (χ1n) is 7.30. The Morgan fingerprint density at radius 2 is 1.86 bits per heavy atom. The maximum absolute atomic E-state index is 12.4. The van der Waals surface area contributed by atoms with Crippen molar-refractivity contribution in [3.8, 4) is 0 Å². The van der Waals surface area contributed by atoms with Crippen LogP contribution in [0, 0.1) is 5.92 Å². The Hall–Kier alpha value is -1.15. The average Bonchev–Trinajstić information content (AvgIpc) is 2.77. The highest BCUT2D eigenvalue weighted by Gasteiger charge is 2.36. The highest BCUT2D eigenvalue weighted by molar-refractivity contribution is 7.91. The van der Waals surface area contributed by atoms with E-state index in [4.69, 9.17) is 5.11 Å². The second-order valence-electron chi connectivity index (χ2n) is 5.87. The molecular weight excluding hydrogens is 296 g/mol. The maximum Gasteiger partial charge on any atom is 0.323 e. The molecule has 2 rings (SSSR count). The molecule has 21 heavy (non-hydrogen) atoms. The molecule has 0 aromatic rings. The van der Waals surface area contributed by atoms with Gasteiger partial charge in [0, 0.05) is 12.5 Å². The summed E-state index contributed by atoms with van der Waals surface area (Å²) in [5.74, 6) is -1.15. The highest BCUT2D eigenvalue weighted by atomic mass is 32.2. The minimum absolute atomic E-state index is 0.0361. The Kier molecular flexibility index (Phi) is 5.21. The fourth-order valence-corrected chi connectivity index (χ4v) is 4.77. The molecule has 0 radical (unpaired) electrons. The highest BCUT2D eigenvalue weighted by Crippen LogP contribution is 2.22. The predicted molar refractivity (Wildman–Crippen MR) is 76.6 cm³/mol. The molecule has 1 unspecified atom stereocenters. The smallest absolute Gasteiger partial charge is 0.323 e. The van der Waals surface area contributed by atoms with Gasteiger partial charge in [0.25, 0.3) is 0 Å². The minimum atomic E-state index is -3.14. The summed E-state index contributed by atoms with van der Waals surface area (Å²) in [7, 11) is -3.14. The van der Waals surface area contributed by atoms with Crippen molar-refractivity contribution < 1.29 is 23.1 Å². The second kappa shape index (κ2) is 6.74. The molecule has 120 valence electrons. The van der Waals surface area contributed by atoms with E-state index in [1.807, 2.05) is 0 Å². The zero-order chi connectivity index (χ0) is 15.5. The Morgan fingerprint density at radius 1 is 1.19 bits per heavy atom. The molecular formula is C13H22N2O5S. The summed E-state index contributed by atoms with van der Waals surface area (Å²) in [6, 6.07) is -0.486. The molecule has 0 bridgehead atoms. The van der Waals surface area contributed by atoms with E-state index in [9.17, 15) is 18.0 Å². The standard InChI is InChI=1S/C13H22N2O5S/c16-12(7-10-1-4-14-5-2-10)15(8-13(17)18)11-3-6-21(19,20)9-11/h10-11,14H,1-9H2,(H,17,18). The van der Waals surface area contributed by atoms with E-state index in [1.54, 1.807) is 0 Å². The fraction of sp³-hybridized carbons (Fsp3) is 0.846. The Morgan fingerprint density at radius 3 is 2.38 bits per heavy atom. The molecule has 1 amide bonds. The summed E-state index contributed by atoms with van der Waals surface area (Å²) in [4.78, 5) is 24.6.